The topological polar surface area (TPSA) is 99.2 Å². The summed E-state index contributed by atoms with van der Waals surface area (Å²) in [5.41, 5.74) is 15.8. The first-order chi connectivity index (χ1) is 13.7. The lowest BCUT2D eigenvalue weighted by molar-refractivity contribution is -0.375. The van der Waals surface area contributed by atoms with Crippen molar-refractivity contribution < 1.29 is 9.72 Å². The fraction of sp³-hybridized carbons (Fsp3) is 0.0435. The van der Waals surface area contributed by atoms with Crippen molar-refractivity contribution in [3.8, 4) is 17.7 Å². The zero-order valence-corrected chi connectivity index (χ0v) is 14.9. The van der Waals surface area contributed by atoms with Crippen LogP contribution in [0.1, 0.15) is 28.2 Å². The molecule has 1 aliphatic rings. The van der Waals surface area contributed by atoms with Gasteiger partial charge in [0, 0.05) is 16.9 Å². The largest absolute Gasteiger partial charge is 0.422 e. The van der Waals surface area contributed by atoms with Gasteiger partial charge in [-0.25, -0.2) is 4.98 Å². The molecule has 0 aliphatic carbocycles. The number of aromatic amines is 1. The third-order valence-electron chi connectivity index (χ3n) is 5.28. The fourth-order valence-corrected chi connectivity index (χ4v) is 3.99. The highest BCUT2D eigenvalue weighted by Gasteiger charge is 2.36. The van der Waals surface area contributed by atoms with Crippen LogP contribution in [0.4, 0.5) is 11.5 Å². The predicted molar refractivity (Wildman–Crippen MR) is 108 cm³/mol. The average Bonchev–Trinajstić information content (AvgIpc) is 2.73. The van der Waals surface area contributed by atoms with Crippen molar-refractivity contribution in [2.75, 3.05) is 11.5 Å². The summed E-state index contributed by atoms with van der Waals surface area (Å²) in [5, 5.41) is 11.6. The Balaban J connectivity index is 1.88. The van der Waals surface area contributed by atoms with E-state index in [1.165, 1.54) is 0 Å². The van der Waals surface area contributed by atoms with E-state index in [9.17, 15) is 5.26 Å². The van der Waals surface area contributed by atoms with Gasteiger partial charge in [-0.1, -0.05) is 66.7 Å². The lowest BCUT2D eigenvalue weighted by Crippen LogP contribution is -2.25. The molecule has 0 unspecified atom stereocenters. The molecule has 1 aliphatic heterocycles. The van der Waals surface area contributed by atoms with Crippen LogP contribution in [0.5, 0.6) is 11.6 Å². The van der Waals surface area contributed by atoms with Gasteiger partial charge < -0.3 is 10.5 Å². The molecular weight excluding hydrogens is 348 g/mol. The molecule has 134 valence electrons. The van der Waals surface area contributed by atoms with Crippen LogP contribution in [-0.4, -0.2) is 0 Å². The maximum Gasteiger partial charge on any atom is 0.294 e. The van der Waals surface area contributed by atoms with Crippen LogP contribution < -0.4 is 21.2 Å². The average molecular weight is 365 g/mol. The molecule has 0 amide bonds. The van der Waals surface area contributed by atoms with Crippen molar-refractivity contribution in [1.82, 2.24) is 0 Å². The van der Waals surface area contributed by atoms with Crippen molar-refractivity contribution in [2.24, 2.45) is 0 Å². The summed E-state index contributed by atoms with van der Waals surface area (Å²) in [5.74, 6) is 1.29. The van der Waals surface area contributed by atoms with E-state index in [0.29, 0.717) is 11.6 Å². The predicted octanol–water partition coefficient (Wildman–Crippen LogP) is 3.98. The Labute approximate surface area is 161 Å². The highest BCUT2D eigenvalue weighted by Crippen LogP contribution is 2.50. The molecule has 0 spiro atoms. The second-order valence-electron chi connectivity index (χ2n) is 6.83. The number of ether oxygens (including phenoxy) is 1. The molecule has 3 aromatic carbocycles. The van der Waals surface area contributed by atoms with E-state index in [1.807, 2.05) is 36.4 Å². The number of nitrogens with one attached hydrogen (secondary N) is 1. The molecular formula is C23H17N4O+. The Morgan fingerprint density at radius 3 is 2.46 bits per heavy atom. The first-order valence-electron chi connectivity index (χ1n) is 8.97. The number of nitriles is 1. The third-order valence-corrected chi connectivity index (χ3v) is 5.28. The molecule has 0 saturated heterocycles. The van der Waals surface area contributed by atoms with Crippen LogP contribution in [0.2, 0.25) is 0 Å². The van der Waals surface area contributed by atoms with Crippen LogP contribution in [-0.2, 0) is 0 Å². The number of pyridine rings is 1. The van der Waals surface area contributed by atoms with Gasteiger partial charge in [0.25, 0.3) is 11.7 Å². The molecule has 2 heterocycles. The lowest BCUT2D eigenvalue weighted by Gasteiger charge is -2.29. The maximum absolute atomic E-state index is 9.52. The number of benzene rings is 3. The Kier molecular flexibility index (Phi) is 3.46. The lowest BCUT2D eigenvalue weighted by atomic mass is 9.81. The highest BCUT2D eigenvalue weighted by atomic mass is 16.5. The Morgan fingerprint density at radius 2 is 1.68 bits per heavy atom. The Bertz CT molecular complexity index is 1280. The molecule has 5 rings (SSSR count). The summed E-state index contributed by atoms with van der Waals surface area (Å²) < 4.78 is 6.28. The van der Waals surface area contributed by atoms with Crippen molar-refractivity contribution in [1.29, 1.82) is 5.26 Å². The number of hydrogen-bond donors (Lipinski definition) is 2. The van der Waals surface area contributed by atoms with E-state index < -0.39 is 0 Å². The van der Waals surface area contributed by atoms with E-state index in [2.05, 4.69) is 41.4 Å². The molecule has 5 nitrogen and oxygen atoms in total. The van der Waals surface area contributed by atoms with Gasteiger partial charge >= 0.3 is 0 Å². The van der Waals surface area contributed by atoms with Crippen LogP contribution in [0.25, 0.3) is 10.8 Å². The van der Waals surface area contributed by atoms with Gasteiger partial charge in [0.2, 0.25) is 0 Å². The van der Waals surface area contributed by atoms with E-state index in [4.69, 9.17) is 16.2 Å². The summed E-state index contributed by atoms with van der Waals surface area (Å²) in [7, 11) is 0. The summed E-state index contributed by atoms with van der Waals surface area (Å²) in [6.45, 7) is 0. The monoisotopic (exact) mass is 365 g/mol. The van der Waals surface area contributed by atoms with Gasteiger partial charge in [-0.3, -0.25) is 5.73 Å². The molecule has 1 aromatic heterocycles. The quantitative estimate of drug-likeness (QED) is 0.469. The minimum absolute atomic E-state index is 0.173. The molecule has 4 aromatic rings. The summed E-state index contributed by atoms with van der Waals surface area (Å²) in [6, 6.07) is 24.4. The number of nitrogens with two attached hydrogens (primary N) is 2. The molecule has 1 atom stereocenters. The number of fused-ring (bicyclic) bond motifs is 4. The molecule has 0 radical (unpaired) electrons. The molecule has 0 fully saturated rings. The number of nitrogen functional groups attached to an aromatic ring is 2. The van der Waals surface area contributed by atoms with Crippen LogP contribution in [0.15, 0.2) is 66.7 Å². The van der Waals surface area contributed by atoms with Crippen molar-refractivity contribution in [3.63, 3.8) is 0 Å². The smallest absolute Gasteiger partial charge is 0.294 e. The van der Waals surface area contributed by atoms with Crippen molar-refractivity contribution >= 4 is 22.3 Å². The van der Waals surface area contributed by atoms with Crippen molar-refractivity contribution in [2.45, 2.75) is 5.92 Å². The zero-order chi connectivity index (χ0) is 19.3. The summed E-state index contributed by atoms with van der Waals surface area (Å²) >= 11 is 0. The van der Waals surface area contributed by atoms with E-state index in [1.54, 1.807) is 0 Å². The van der Waals surface area contributed by atoms with Crippen molar-refractivity contribution in [3.05, 3.63) is 89.0 Å². The summed E-state index contributed by atoms with van der Waals surface area (Å²) in [6.07, 6.45) is 0. The first-order valence-corrected chi connectivity index (χ1v) is 8.97. The molecule has 0 bridgehead atoms. The SMILES string of the molecule is N#Cc1c(N)[nH+]c2c(c1N)[C@@H](c1ccccc1)c1ccc3ccccc3c1O2. The number of aromatic nitrogens is 1. The van der Waals surface area contributed by atoms with Crippen LogP contribution in [0, 0.1) is 11.3 Å². The first kappa shape index (κ1) is 16.2. The molecule has 0 saturated carbocycles. The second kappa shape index (κ2) is 6.00. The normalized spacial score (nSPS) is 14.6. The Hall–Kier alpha value is -4.04. The van der Waals surface area contributed by atoms with Gasteiger partial charge in [0.05, 0.1) is 11.3 Å². The highest BCUT2D eigenvalue weighted by molar-refractivity contribution is 5.91. The maximum atomic E-state index is 9.52. The second-order valence-corrected chi connectivity index (χ2v) is 6.83. The molecule has 5 heteroatoms. The third kappa shape index (κ3) is 2.22. The number of anilines is 2. The number of rotatable bonds is 1. The van der Waals surface area contributed by atoms with E-state index in [0.717, 1.165) is 33.2 Å². The van der Waals surface area contributed by atoms with Gasteiger partial charge in [-0.2, -0.15) is 5.26 Å². The minimum atomic E-state index is -0.173. The molecule has 28 heavy (non-hydrogen) atoms. The standard InChI is InChI=1S/C23H16N4O/c24-12-17-20(25)19-18(14-7-2-1-3-8-14)16-11-10-13-6-4-5-9-15(13)21(16)28-23(19)27-22(17)26/h1-11,18H,(H4,25,26,27)/p+1/t18-/m0/s1. The summed E-state index contributed by atoms with van der Waals surface area (Å²) in [4.78, 5) is 3.05. The van der Waals surface area contributed by atoms with Crippen LogP contribution >= 0.6 is 0 Å². The minimum Gasteiger partial charge on any atom is -0.422 e. The van der Waals surface area contributed by atoms with E-state index in [-0.39, 0.29) is 17.3 Å². The number of H-pyrrole nitrogens is 1. The van der Waals surface area contributed by atoms with Crippen LogP contribution in [0.3, 0.4) is 0 Å². The Morgan fingerprint density at radius 1 is 0.929 bits per heavy atom. The number of hydrogen-bond acceptors (Lipinski definition) is 4. The van der Waals surface area contributed by atoms with Gasteiger partial charge in [-0.05, 0) is 10.9 Å². The fourth-order valence-electron chi connectivity index (χ4n) is 3.99. The number of nitrogens with zero attached hydrogens (tertiary/aromatic N) is 1. The van der Waals surface area contributed by atoms with Gasteiger partial charge in [-0.15, -0.1) is 0 Å². The van der Waals surface area contributed by atoms with E-state index >= 15 is 0 Å². The van der Waals surface area contributed by atoms with Gasteiger partial charge in [0.1, 0.15) is 11.8 Å². The van der Waals surface area contributed by atoms with Gasteiger partial charge in [0.15, 0.2) is 5.56 Å². The molecule has 5 N–H and O–H groups in total. The zero-order valence-electron chi connectivity index (χ0n) is 14.9.